The van der Waals surface area contributed by atoms with Crippen molar-refractivity contribution in [3.8, 4) is 0 Å². The molecule has 0 amide bonds. The fourth-order valence-electron chi connectivity index (χ4n) is 2.01. The molecule has 0 aliphatic carbocycles. The molecule has 2 rings (SSSR count). The number of nitrogens with one attached hydrogen (secondary N) is 1. The monoisotopic (exact) mass is 254 g/mol. The maximum Gasteiger partial charge on any atom is 0.123 e. The molecule has 94 valence electrons. The Morgan fingerprint density at radius 3 is 2.88 bits per heavy atom. The molecule has 0 saturated carbocycles. The van der Waals surface area contributed by atoms with Gasteiger partial charge >= 0.3 is 0 Å². The van der Waals surface area contributed by atoms with E-state index in [0.29, 0.717) is 6.04 Å². The number of rotatable bonds is 4. The molecule has 1 aromatic carbocycles. The zero-order chi connectivity index (χ0) is 12.1. The lowest BCUT2D eigenvalue weighted by molar-refractivity contribution is 0.242. The highest BCUT2D eigenvalue weighted by atomic mass is 32.2. The number of halogens is 1. The van der Waals surface area contributed by atoms with Gasteiger partial charge in [0, 0.05) is 42.9 Å². The lowest BCUT2D eigenvalue weighted by atomic mass is 10.3. The van der Waals surface area contributed by atoms with Crippen LogP contribution in [0.3, 0.4) is 0 Å². The van der Waals surface area contributed by atoms with E-state index in [1.807, 2.05) is 11.8 Å². The lowest BCUT2D eigenvalue weighted by Crippen LogP contribution is -2.42. The summed E-state index contributed by atoms with van der Waals surface area (Å²) in [7, 11) is 0. The normalized spacial score (nSPS) is 21.4. The van der Waals surface area contributed by atoms with Gasteiger partial charge in [0.15, 0.2) is 0 Å². The molecule has 0 spiro atoms. The van der Waals surface area contributed by atoms with E-state index in [-0.39, 0.29) is 5.82 Å². The van der Waals surface area contributed by atoms with Gasteiger partial charge < -0.3 is 5.32 Å². The predicted molar refractivity (Wildman–Crippen MR) is 73.2 cm³/mol. The van der Waals surface area contributed by atoms with Gasteiger partial charge in [-0.25, -0.2) is 4.39 Å². The van der Waals surface area contributed by atoms with Gasteiger partial charge in [0.2, 0.25) is 0 Å². The highest BCUT2D eigenvalue weighted by molar-refractivity contribution is 7.99. The van der Waals surface area contributed by atoms with Crippen molar-refractivity contribution in [2.75, 3.05) is 36.5 Å². The molecule has 1 fully saturated rings. The smallest absolute Gasteiger partial charge is 0.123 e. The molecular weight excluding hydrogens is 235 g/mol. The molecule has 0 radical (unpaired) electrons. The second-order valence-electron chi connectivity index (χ2n) is 4.39. The third-order valence-corrected chi connectivity index (χ3v) is 4.27. The van der Waals surface area contributed by atoms with Crippen LogP contribution < -0.4 is 5.32 Å². The van der Waals surface area contributed by atoms with Crippen LogP contribution in [0.25, 0.3) is 0 Å². The molecule has 1 aliphatic heterocycles. The largest absolute Gasteiger partial charge is 0.384 e. The van der Waals surface area contributed by atoms with Crippen LogP contribution in [0, 0.1) is 5.82 Å². The Kier molecular flexibility index (Phi) is 4.68. The molecule has 1 aliphatic rings. The Bertz CT molecular complexity index is 342. The molecule has 1 saturated heterocycles. The Labute approximate surface area is 107 Å². The minimum atomic E-state index is -0.183. The van der Waals surface area contributed by atoms with Crippen LogP contribution in [-0.2, 0) is 0 Å². The van der Waals surface area contributed by atoms with E-state index < -0.39 is 0 Å². The van der Waals surface area contributed by atoms with Crippen LogP contribution in [0.1, 0.15) is 6.92 Å². The van der Waals surface area contributed by atoms with E-state index >= 15 is 0 Å². The highest BCUT2D eigenvalue weighted by Crippen LogP contribution is 2.15. The fraction of sp³-hybridized carbons (Fsp3) is 0.538. The van der Waals surface area contributed by atoms with Gasteiger partial charge in [-0.05, 0) is 31.2 Å². The van der Waals surface area contributed by atoms with E-state index in [0.717, 1.165) is 18.8 Å². The standard InChI is InChI=1S/C13H19FN2S/c1-11-10-17-9-8-16(11)7-6-15-13-4-2-12(14)3-5-13/h2-5,11,15H,6-10H2,1H3. The molecule has 1 unspecified atom stereocenters. The zero-order valence-electron chi connectivity index (χ0n) is 10.2. The maximum absolute atomic E-state index is 12.7. The van der Waals surface area contributed by atoms with Crippen LogP contribution >= 0.6 is 11.8 Å². The minimum absolute atomic E-state index is 0.183. The number of thioether (sulfide) groups is 1. The number of hydrogen-bond donors (Lipinski definition) is 1. The van der Waals surface area contributed by atoms with Gasteiger partial charge in [0.25, 0.3) is 0 Å². The number of benzene rings is 1. The van der Waals surface area contributed by atoms with Crippen molar-refractivity contribution in [1.29, 1.82) is 0 Å². The van der Waals surface area contributed by atoms with E-state index in [1.54, 1.807) is 12.1 Å². The second-order valence-corrected chi connectivity index (χ2v) is 5.54. The van der Waals surface area contributed by atoms with Crippen molar-refractivity contribution in [2.24, 2.45) is 0 Å². The van der Waals surface area contributed by atoms with Gasteiger partial charge in [-0.15, -0.1) is 0 Å². The average molecular weight is 254 g/mol. The predicted octanol–water partition coefficient (Wildman–Crippen LogP) is 2.67. The van der Waals surface area contributed by atoms with Crippen LogP contribution in [0.2, 0.25) is 0 Å². The van der Waals surface area contributed by atoms with Gasteiger partial charge in [-0.1, -0.05) is 0 Å². The first-order chi connectivity index (χ1) is 8.25. The Morgan fingerprint density at radius 1 is 1.41 bits per heavy atom. The SMILES string of the molecule is CC1CSCCN1CCNc1ccc(F)cc1. The van der Waals surface area contributed by atoms with Gasteiger partial charge in [-0.3, -0.25) is 4.90 Å². The third-order valence-electron chi connectivity index (χ3n) is 3.08. The minimum Gasteiger partial charge on any atom is -0.384 e. The number of hydrogen-bond acceptors (Lipinski definition) is 3. The Hall–Kier alpha value is -0.740. The fourth-order valence-corrected chi connectivity index (χ4v) is 3.09. The molecule has 2 nitrogen and oxygen atoms in total. The van der Waals surface area contributed by atoms with Gasteiger partial charge in [0.1, 0.15) is 5.82 Å². The molecule has 4 heteroatoms. The van der Waals surface area contributed by atoms with Gasteiger partial charge in [0.05, 0.1) is 0 Å². The number of anilines is 1. The molecule has 1 N–H and O–H groups in total. The van der Waals surface area contributed by atoms with Crippen molar-refractivity contribution in [3.05, 3.63) is 30.1 Å². The zero-order valence-corrected chi connectivity index (χ0v) is 11.0. The Morgan fingerprint density at radius 2 is 2.18 bits per heavy atom. The van der Waals surface area contributed by atoms with Crippen LogP contribution in [0.4, 0.5) is 10.1 Å². The molecule has 0 aromatic heterocycles. The van der Waals surface area contributed by atoms with Crippen LogP contribution in [0.15, 0.2) is 24.3 Å². The van der Waals surface area contributed by atoms with Crippen molar-refractivity contribution in [1.82, 2.24) is 4.90 Å². The quantitative estimate of drug-likeness (QED) is 0.889. The first-order valence-corrected chi connectivity index (χ1v) is 7.22. The third kappa shape index (κ3) is 3.89. The summed E-state index contributed by atoms with van der Waals surface area (Å²) in [4.78, 5) is 2.51. The Balaban J connectivity index is 1.73. The molecular formula is C13H19FN2S. The van der Waals surface area contributed by atoms with Gasteiger partial charge in [-0.2, -0.15) is 11.8 Å². The summed E-state index contributed by atoms with van der Waals surface area (Å²) >= 11 is 2.03. The van der Waals surface area contributed by atoms with Crippen molar-refractivity contribution >= 4 is 17.4 Å². The topological polar surface area (TPSA) is 15.3 Å². The maximum atomic E-state index is 12.7. The van der Waals surface area contributed by atoms with Crippen LogP contribution in [-0.4, -0.2) is 42.1 Å². The van der Waals surface area contributed by atoms with E-state index in [2.05, 4.69) is 17.1 Å². The summed E-state index contributed by atoms with van der Waals surface area (Å²) in [5, 5.41) is 3.32. The van der Waals surface area contributed by atoms with E-state index in [1.165, 1.54) is 30.2 Å². The highest BCUT2D eigenvalue weighted by Gasteiger charge is 2.17. The lowest BCUT2D eigenvalue weighted by Gasteiger charge is -2.32. The summed E-state index contributed by atoms with van der Waals surface area (Å²) in [6.45, 7) is 5.43. The average Bonchev–Trinajstić information content (AvgIpc) is 2.34. The first-order valence-electron chi connectivity index (χ1n) is 6.07. The van der Waals surface area contributed by atoms with E-state index in [4.69, 9.17) is 0 Å². The summed E-state index contributed by atoms with van der Waals surface area (Å²) in [5.74, 6) is 2.29. The van der Waals surface area contributed by atoms with Crippen molar-refractivity contribution in [2.45, 2.75) is 13.0 Å². The molecule has 0 bridgehead atoms. The first kappa shape index (κ1) is 12.7. The number of nitrogens with zero attached hydrogens (tertiary/aromatic N) is 1. The van der Waals surface area contributed by atoms with Crippen molar-refractivity contribution in [3.63, 3.8) is 0 Å². The summed E-state index contributed by atoms with van der Waals surface area (Å²) < 4.78 is 12.7. The second kappa shape index (κ2) is 6.26. The van der Waals surface area contributed by atoms with E-state index in [9.17, 15) is 4.39 Å². The molecule has 1 aromatic rings. The summed E-state index contributed by atoms with van der Waals surface area (Å²) in [5.41, 5.74) is 0.991. The summed E-state index contributed by atoms with van der Waals surface area (Å²) in [6.07, 6.45) is 0. The van der Waals surface area contributed by atoms with Crippen LogP contribution in [0.5, 0.6) is 0 Å². The molecule has 1 atom stereocenters. The molecule has 1 heterocycles. The van der Waals surface area contributed by atoms with Crippen molar-refractivity contribution < 1.29 is 4.39 Å². The summed E-state index contributed by atoms with van der Waals surface area (Å²) in [6, 6.07) is 7.21. The molecule has 17 heavy (non-hydrogen) atoms.